The summed E-state index contributed by atoms with van der Waals surface area (Å²) in [5.41, 5.74) is 2.57. The number of ketones is 1. The molecule has 3 amide bonds. The summed E-state index contributed by atoms with van der Waals surface area (Å²) < 4.78 is 10.7. The van der Waals surface area contributed by atoms with E-state index in [1.165, 1.54) is 39.0 Å². The van der Waals surface area contributed by atoms with Crippen LogP contribution in [0.2, 0.25) is 0 Å². The van der Waals surface area contributed by atoms with E-state index in [0.29, 0.717) is 39.6 Å². The van der Waals surface area contributed by atoms with E-state index in [2.05, 4.69) is 16.0 Å². The van der Waals surface area contributed by atoms with Crippen molar-refractivity contribution in [1.29, 1.82) is 0 Å². The minimum atomic E-state index is -0.555. The zero-order valence-corrected chi connectivity index (χ0v) is 25.2. The van der Waals surface area contributed by atoms with Crippen molar-refractivity contribution in [2.24, 2.45) is 0 Å². The summed E-state index contributed by atoms with van der Waals surface area (Å²) in [6.07, 6.45) is 1.53. The van der Waals surface area contributed by atoms with Gasteiger partial charge in [-0.1, -0.05) is 24.3 Å². The molecule has 4 aromatic carbocycles. The number of hydrogen-bond acceptors (Lipinski definition) is 7. The SMILES string of the molecule is COc1ccc(/C=C(/NC(=O)c2ccccc2)C(=O)Nc2cccc(SCC(=O)Nc3ccc(C(C)=O)cc3)c2)c(OC)c1. The highest BCUT2D eigenvalue weighted by atomic mass is 32.2. The van der Waals surface area contributed by atoms with E-state index in [4.69, 9.17) is 9.47 Å². The average Bonchev–Trinajstić information content (AvgIpc) is 3.04. The molecule has 0 saturated carbocycles. The Kier molecular flexibility index (Phi) is 10.9. The summed E-state index contributed by atoms with van der Waals surface area (Å²) in [6.45, 7) is 1.48. The van der Waals surface area contributed by atoms with Crippen molar-refractivity contribution in [2.75, 3.05) is 30.6 Å². The van der Waals surface area contributed by atoms with Crippen molar-refractivity contribution in [3.8, 4) is 11.5 Å². The number of rotatable bonds is 12. The van der Waals surface area contributed by atoms with Gasteiger partial charge in [0, 0.05) is 39.0 Å². The van der Waals surface area contributed by atoms with Crippen molar-refractivity contribution in [3.05, 3.63) is 119 Å². The standard InChI is InChI=1S/C34H31N3O6S/c1-22(38)23-12-15-26(16-13-23)35-32(39)21-44-29-11-7-10-27(19-29)36-34(41)30(37-33(40)24-8-5-4-6-9-24)18-25-14-17-28(42-2)20-31(25)43-3/h4-20H,21H2,1-3H3,(H,35,39)(H,36,41)(H,37,40)/b30-18+. The number of thioether (sulfide) groups is 1. The van der Waals surface area contributed by atoms with E-state index in [1.54, 1.807) is 91.0 Å². The van der Waals surface area contributed by atoms with Gasteiger partial charge in [-0.15, -0.1) is 11.8 Å². The maximum Gasteiger partial charge on any atom is 0.272 e. The van der Waals surface area contributed by atoms with E-state index >= 15 is 0 Å². The molecule has 0 spiro atoms. The molecule has 3 N–H and O–H groups in total. The third kappa shape index (κ3) is 8.83. The Balaban J connectivity index is 1.48. The largest absolute Gasteiger partial charge is 0.497 e. The second kappa shape index (κ2) is 15.2. The minimum absolute atomic E-state index is 0.00412. The number of Topliss-reactive ketones (excluding diaryl/α,β-unsaturated/α-hetero) is 1. The van der Waals surface area contributed by atoms with E-state index < -0.39 is 11.8 Å². The predicted molar refractivity (Wildman–Crippen MR) is 172 cm³/mol. The lowest BCUT2D eigenvalue weighted by atomic mass is 10.1. The van der Waals surface area contributed by atoms with Gasteiger partial charge in [0.05, 0.1) is 20.0 Å². The molecule has 0 bridgehead atoms. The molecule has 0 atom stereocenters. The molecule has 4 aromatic rings. The maximum absolute atomic E-state index is 13.5. The van der Waals surface area contributed by atoms with Gasteiger partial charge in [-0.25, -0.2) is 0 Å². The summed E-state index contributed by atoms with van der Waals surface area (Å²) in [7, 11) is 3.04. The second-order valence-corrected chi connectivity index (χ2v) is 10.5. The van der Waals surface area contributed by atoms with Crippen molar-refractivity contribution in [2.45, 2.75) is 11.8 Å². The van der Waals surface area contributed by atoms with Crippen LogP contribution < -0.4 is 25.4 Å². The monoisotopic (exact) mass is 609 g/mol. The highest BCUT2D eigenvalue weighted by molar-refractivity contribution is 8.00. The van der Waals surface area contributed by atoms with Crippen LogP contribution in [0.25, 0.3) is 6.08 Å². The Bertz CT molecular complexity index is 1690. The zero-order chi connectivity index (χ0) is 31.5. The van der Waals surface area contributed by atoms with Crippen LogP contribution in [0, 0.1) is 0 Å². The molecule has 0 radical (unpaired) electrons. The summed E-state index contributed by atoms with van der Waals surface area (Å²) in [4.78, 5) is 51.2. The first-order valence-electron chi connectivity index (χ1n) is 13.5. The number of ether oxygens (including phenoxy) is 2. The molecule has 224 valence electrons. The molecule has 0 saturated heterocycles. The lowest BCUT2D eigenvalue weighted by Gasteiger charge is -2.13. The van der Waals surface area contributed by atoms with E-state index in [9.17, 15) is 19.2 Å². The first-order valence-corrected chi connectivity index (χ1v) is 14.5. The van der Waals surface area contributed by atoms with Gasteiger partial charge in [0.15, 0.2) is 5.78 Å². The number of amides is 3. The van der Waals surface area contributed by atoms with Crippen LogP contribution in [0.15, 0.2) is 108 Å². The fraction of sp³-hybridized carbons (Fsp3) is 0.118. The highest BCUT2D eigenvalue weighted by Crippen LogP contribution is 2.27. The normalized spacial score (nSPS) is 10.8. The van der Waals surface area contributed by atoms with Crippen molar-refractivity contribution in [1.82, 2.24) is 5.32 Å². The summed E-state index contributed by atoms with van der Waals surface area (Å²) in [5, 5.41) is 8.35. The van der Waals surface area contributed by atoms with Gasteiger partial charge < -0.3 is 25.4 Å². The molecule has 44 heavy (non-hydrogen) atoms. The predicted octanol–water partition coefficient (Wildman–Crippen LogP) is 6.05. The van der Waals surface area contributed by atoms with Crippen LogP contribution in [0.1, 0.15) is 33.2 Å². The van der Waals surface area contributed by atoms with Gasteiger partial charge >= 0.3 is 0 Å². The van der Waals surface area contributed by atoms with Crippen LogP contribution in [-0.4, -0.2) is 43.5 Å². The Morgan fingerprint density at radius 1 is 0.750 bits per heavy atom. The van der Waals surface area contributed by atoms with Gasteiger partial charge in [-0.3, -0.25) is 19.2 Å². The molecule has 10 heteroatoms. The number of nitrogens with one attached hydrogen (secondary N) is 3. The molecular formula is C34H31N3O6S. The average molecular weight is 610 g/mol. The number of carbonyl (C=O) groups excluding carboxylic acids is 4. The Morgan fingerprint density at radius 2 is 1.50 bits per heavy atom. The number of anilines is 2. The number of carbonyl (C=O) groups is 4. The zero-order valence-electron chi connectivity index (χ0n) is 24.4. The lowest BCUT2D eigenvalue weighted by molar-refractivity contribution is -0.114. The number of benzene rings is 4. The first-order chi connectivity index (χ1) is 21.2. The third-order valence-corrected chi connectivity index (χ3v) is 7.30. The molecule has 0 aliphatic carbocycles. The molecule has 9 nitrogen and oxygen atoms in total. The second-order valence-electron chi connectivity index (χ2n) is 9.44. The van der Waals surface area contributed by atoms with Gasteiger partial charge in [-0.2, -0.15) is 0 Å². The van der Waals surface area contributed by atoms with E-state index in [0.717, 1.165) is 4.90 Å². The van der Waals surface area contributed by atoms with E-state index in [-0.39, 0.29) is 23.1 Å². The van der Waals surface area contributed by atoms with Crippen molar-refractivity contribution < 1.29 is 28.7 Å². The van der Waals surface area contributed by atoms with Crippen LogP contribution in [0.4, 0.5) is 11.4 Å². The Labute approximate surface area is 259 Å². The topological polar surface area (TPSA) is 123 Å². The fourth-order valence-corrected chi connectivity index (χ4v) is 4.79. The van der Waals surface area contributed by atoms with Crippen molar-refractivity contribution in [3.63, 3.8) is 0 Å². The summed E-state index contributed by atoms with van der Waals surface area (Å²) >= 11 is 1.29. The number of hydrogen-bond donors (Lipinski definition) is 3. The van der Waals surface area contributed by atoms with Crippen LogP contribution in [0.5, 0.6) is 11.5 Å². The highest BCUT2D eigenvalue weighted by Gasteiger charge is 2.17. The molecule has 0 fully saturated rings. The molecule has 0 aliphatic rings. The summed E-state index contributed by atoms with van der Waals surface area (Å²) in [5.74, 6) is -0.120. The van der Waals surface area contributed by atoms with Crippen LogP contribution in [-0.2, 0) is 9.59 Å². The van der Waals surface area contributed by atoms with Crippen molar-refractivity contribution >= 4 is 52.7 Å². The maximum atomic E-state index is 13.5. The Hall–Kier alpha value is -5.35. The van der Waals surface area contributed by atoms with Crippen LogP contribution in [0.3, 0.4) is 0 Å². The van der Waals surface area contributed by atoms with Gasteiger partial charge in [-0.05, 0) is 79.7 Å². The summed E-state index contributed by atoms with van der Waals surface area (Å²) in [6, 6.07) is 27.4. The Morgan fingerprint density at radius 3 is 2.18 bits per heavy atom. The quantitative estimate of drug-likeness (QED) is 0.102. The number of methoxy groups -OCH3 is 2. The molecule has 0 aliphatic heterocycles. The third-order valence-electron chi connectivity index (χ3n) is 6.31. The van der Waals surface area contributed by atoms with Gasteiger partial charge in [0.1, 0.15) is 17.2 Å². The van der Waals surface area contributed by atoms with Gasteiger partial charge in [0.2, 0.25) is 5.91 Å². The van der Waals surface area contributed by atoms with Crippen LogP contribution >= 0.6 is 11.8 Å². The smallest absolute Gasteiger partial charge is 0.272 e. The molecule has 0 heterocycles. The first kappa shape index (κ1) is 31.6. The fourth-order valence-electron chi connectivity index (χ4n) is 4.03. The molecule has 4 rings (SSSR count). The van der Waals surface area contributed by atoms with E-state index in [1.807, 2.05) is 6.07 Å². The molecular weight excluding hydrogens is 578 g/mol. The molecule has 0 unspecified atom stereocenters. The lowest BCUT2D eigenvalue weighted by Crippen LogP contribution is -2.30. The van der Waals surface area contributed by atoms with Gasteiger partial charge in [0.25, 0.3) is 11.8 Å². The molecule has 0 aromatic heterocycles. The minimum Gasteiger partial charge on any atom is -0.497 e.